The average molecular weight is 295 g/mol. The molecule has 2 saturated heterocycles. The van der Waals surface area contributed by atoms with Crippen LogP contribution in [-0.2, 0) is 6.42 Å². The minimum atomic E-state index is -0.469. The van der Waals surface area contributed by atoms with Gasteiger partial charge in [-0.1, -0.05) is 6.92 Å². The van der Waals surface area contributed by atoms with Gasteiger partial charge in [0.25, 0.3) is 5.88 Å². The van der Waals surface area contributed by atoms with E-state index in [4.69, 9.17) is 9.47 Å². The van der Waals surface area contributed by atoms with Gasteiger partial charge in [0.05, 0.1) is 0 Å². The van der Waals surface area contributed by atoms with Crippen LogP contribution in [0.2, 0.25) is 0 Å². The van der Waals surface area contributed by atoms with E-state index in [9.17, 15) is 4.39 Å². The Balaban J connectivity index is 1.68. The van der Waals surface area contributed by atoms with Crippen molar-refractivity contribution in [3.05, 3.63) is 17.6 Å². The van der Waals surface area contributed by atoms with Crippen LogP contribution in [-0.4, -0.2) is 43.4 Å². The molecule has 0 amide bonds. The van der Waals surface area contributed by atoms with Crippen molar-refractivity contribution >= 4 is 0 Å². The van der Waals surface area contributed by atoms with Crippen molar-refractivity contribution in [3.8, 4) is 11.6 Å². The van der Waals surface area contributed by atoms with Gasteiger partial charge in [-0.15, -0.1) is 0 Å². The molecule has 1 aromatic heterocycles. The Hall–Kier alpha value is -1.40. The van der Waals surface area contributed by atoms with Crippen molar-refractivity contribution in [1.82, 2.24) is 15.6 Å². The van der Waals surface area contributed by atoms with E-state index < -0.39 is 5.95 Å². The molecule has 0 unspecified atom stereocenters. The Bertz CT molecular complexity index is 490. The van der Waals surface area contributed by atoms with Crippen molar-refractivity contribution in [2.75, 3.05) is 26.3 Å². The summed E-state index contributed by atoms with van der Waals surface area (Å²) in [5.41, 5.74) is 0.556. The fourth-order valence-electron chi connectivity index (χ4n) is 2.30. The number of rotatable bonds is 7. The molecule has 2 fully saturated rings. The number of aryl methyl sites for hydroxylation is 1. The van der Waals surface area contributed by atoms with Gasteiger partial charge in [-0.3, -0.25) is 0 Å². The van der Waals surface area contributed by atoms with Gasteiger partial charge >= 0.3 is 0 Å². The van der Waals surface area contributed by atoms with Crippen LogP contribution in [0.15, 0.2) is 6.07 Å². The molecular weight excluding hydrogens is 273 g/mol. The molecule has 0 saturated carbocycles. The van der Waals surface area contributed by atoms with Crippen LogP contribution in [0.1, 0.15) is 25.3 Å². The molecule has 0 aliphatic carbocycles. The van der Waals surface area contributed by atoms with E-state index in [-0.39, 0.29) is 5.88 Å². The number of nitrogens with zero attached hydrogens (tertiary/aromatic N) is 1. The third-order valence-corrected chi connectivity index (χ3v) is 4.07. The number of hydrogen-bond acceptors (Lipinski definition) is 5. The van der Waals surface area contributed by atoms with E-state index in [1.807, 2.05) is 6.92 Å². The summed E-state index contributed by atoms with van der Waals surface area (Å²) in [6.45, 7) is 5.01. The number of halogens is 1. The van der Waals surface area contributed by atoms with Gasteiger partial charge < -0.3 is 20.1 Å². The first-order valence-electron chi connectivity index (χ1n) is 7.68. The first kappa shape index (κ1) is 14.5. The number of hydrogen-bond donors (Lipinski definition) is 2. The van der Waals surface area contributed by atoms with Crippen molar-refractivity contribution < 1.29 is 13.9 Å². The quantitative estimate of drug-likeness (QED) is 0.742. The topological polar surface area (TPSA) is 55.4 Å². The minimum Gasteiger partial charge on any atom is -0.486 e. The molecule has 116 valence electrons. The van der Waals surface area contributed by atoms with E-state index in [0.29, 0.717) is 43.0 Å². The maximum Gasteiger partial charge on any atom is 0.259 e. The molecule has 2 aliphatic heterocycles. The summed E-state index contributed by atoms with van der Waals surface area (Å²) in [6, 6.07) is 2.42. The van der Waals surface area contributed by atoms with Gasteiger partial charge in [0.2, 0.25) is 5.95 Å². The van der Waals surface area contributed by atoms with Crippen molar-refractivity contribution in [3.63, 3.8) is 0 Å². The molecule has 2 atom stereocenters. The molecular formula is C15H22FN3O2. The molecule has 21 heavy (non-hydrogen) atoms. The van der Waals surface area contributed by atoms with Gasteiger partial charge in [0, 0.05) is 17.6 Å². The monoisotopic (exact) mass is 295 g/mol. The maximum atomic E-state index is 13.9. The van der Waals surface area contributed by atoms with Crippen LogP contribution >= 0.6 is 0 Å². The smallest absolute Gasteiger partial charge is 0.259 e. The molecule has 1 aromatic rings. The van der Waals surface area contributed by atoms with Crippen LogP contribution in [0.4, 0.5) is 4.39 Å². The highest BCUT2D eigenvalue weighted by molar-refractivity contribution is 5.37. The van der Waals surface area contributed by atoms with E-state index in [1.54, 1.807) is 6.07 Å². The van der Waals surface area contributed by atoms with E-state index in [0.717, 1.165) is 25.9 Å². The summed E-state index contributed by atoms with van der Waals surface area (Å²) in [7, 11) is 0. The molecule has 0 spiro atoms. The molecule has 2 aliphatic rings. The lowest BCUT2D eigenvalue weighted by atomic mass is 10.1. The molecule has 3 rings (SSSR count). The third kappa shape index (κ3) is 3.44. The predicted molar refractivity (Wildman–Crippen MR) is 77.4 cm³/mol. The summed E-state index contributed by atoms with van der Waals surface area (Å²) in [4.78, 5) is 3.93. The highest BCUT2D eigenvalue weighted by Gasteiger charge is 2.21. The van der Waals surface area contributed by atoms with Gasteiger partial charge in [-0.25, -0.2) is 0 Å². The lowest BCUT2D eigenvalue weighted by Gasteiger charge is -2.29. The Morgan fingerprint density at radius 1 is 1.19 bits per heavy atom. The Morgan fingerprint density at radius 2 is 1.81 bits per heavy atom. The highest BCUT2D eigenvalue weighted by atomic mass is 19.1. The molecule has 5 nitrogen and oxygen atoms in total. The first-order valence-corrected chi connectivity index (χ1v) is 7.68. The normalized spacial score (nSPS) is 24.1. The van der Waals surface area contributed by atoms with E-state index in [1.165, 1.54) is 0 Å². The molecule has 0 bridgehead atoms. The molecule has 2 N–H and O–H groups in total. The number of ether oxygens (including phenoxy) is 2. The Kier molecular flexibility index (Phi) is 4.55. The van der Waals surface area contributed by atoms with Crippen LogP contribution in [0.25, 0.3) is 0 Å². The lowest BCUT2D eigenvalue weighted by Crippen LogP contribution is -2.47. The zero-order chi connectivity index (χ0) is 14.7. The second-order valence-corrected chi connectivity index (χ2v) is 5.60. The third-order valence-electron chi connectivity index (χ3n) is 4.07. The van der Waals surface area contributed by atoms with Gasteiger partial charge in [0.1, 0.15) is 13.2 Å². The number of nitrogens with one attached hydrogen (secondary N) is 2. The first-order chi connectivity index (χ1) is 10.3. The molecule has 0 aromatic carbocycles. The predicted octanol–water partition coefficient (Wildman–Crippen LogP) is 1.26. The van der Waals surface area contributed by atoms with Crippen molar-refractivity contribution in [2.24, 2.45) is 0 Å². The zero-order valence-electron chi connectivity index (χ0n) is 12.3. The summed E-state index contributed by atoms with van der Waals surface area (Å²) in [5, 5.41) is 6.52. The largest absolute Gasteiger partial charge is 0.486 e. The standard InChI is InChI=1S/C15H22FN3O2/c1-2-10-7-13(20-8-11-3-5-17-11)15(19-14(10)16)21-9-12-4-6-18-12/h7,11-12,17-18H,2-6,8-9H2,1H3/t11-,12-/m0/s1. The maximum absolute atomic E-state index is 13.9. The molecule has 6 heteroatoms. The fourth-order valence-corrected chi connectivity index (χ4v) is 2.30. The van der Waals surface area contributed by atoms with Crippen LogP contribution in [0.5, 0.6) is 11.6 Å². The highest BCUT2D eigenvalue weighted by Crippen LogP contribution is 2.28. The second kappa shape index (κ2) is 6.58. The van der Waals surface area contributed by atoms with Crippen LogP contribution in [0, 0.1) is 5.95 Å². The Labute approximate surface area is 124 Å². The summed E-state index contributed by atoms with van der Waals surface area (Å²) in [5.74, 6) is 0.335. The van der Waals surface area contributed by atoms with E-state index >= 15 is 0 Å². The van der Waals surface area contributed by atoms with Gasteiger partial charge in [-0.05, 0) is 38.4 Å². The van der Waals surface area contributed by atoms with Gasteiger partial charge in [0.15, 0.2) is 5.75 Å². The second-order valence-electron chi connectivity index (χ2n) is 5.60. The number of aromatic nitrogens is 1. The molecule has 0 radical (unpaired) electrons. The van der Waals surface area contributed by atoms with Gasteiger partial charge in [-0.2, -0.15) is 9.37 Å². The summed E-state index contributed by atoms with van der Waals surface area (Å²) < 4.78 is 25.3. The summed E-state index contributed by atoms with van der Waals surface area (Å²) in [6.07, 6.45) is 2.77. The minimum absolute atomic E-state index is 0.262. The lowest BCUT2D eigenvalue weighted by molar-refractivity contribution is 0.181. The fraction of sp³-hybridized carbons (Fsp3) is 0.667. The average Bonchev–Trinajstić information content (AvgIpc) is 2.37. The Morgan fingerprint density at radius 3 is 2.33 bits per heavy atom. The summed E-state index contributed by atoms with van der Waals surface area (Å²) >= 11 is 0. The van der Waals surface area contributed by atoms with Crippen LogP contribution < -0.4 is 20.1 Å². The zero-order valence-corrected chi connectivity index (χ0v) is 12.3. The van der Waals surface area contributed by atoms with Crippen molar-refractivity contribution in [2.45, 2.75) is 38.3 Å². The SMILES string of the molecule is CCc1cc(OC[C@@H]2CCN2)c(OC[C@@H]2CCN2)nc1F. The van der Waals surface area contributed by atoms with Crippen molar-refractivity contribution in [1.29, 1.82) is 0 Å². The molecule has 3 heterocycles. The van der Waals surface area contributed by atoms with Crippen LogP contribution in [0.3, 0.4) is 0 Å². The number of pyridine rings is 1. The van der Waals surface area contributed by atoms with E-state index in [2.05, 4.69) is 15.6 Å².